The fourth-order valence-corrected chi connectivity index (χ4v) is 6.98. The first-order chi connectivity index (χ1) is 21.4. The predicted molar refractivity (Wildman–Crippen MR) is 155 cm³/mol. The fourth-order valence-electron chi connectivity index (χ4n) is 6.98. The Bertz CT molecular complexity index is 1520. The minimum atomic E-state index is -1.13. The highest BCUT2D eigenvalue weighted by atomic mass is 16.8. The van der Waals surface area contributed by atoms with Gasteiger partial charge in [-0.3, -0.25) is 9.88 Å². The first-order valence-electron chi connectivity index (χ1n) is 15.5. The van der Waals surface area contributed by atoms with Crippen molar-refractivity contribution >= 4 is 29.0 Å². The van der Waals surface area contributed by atoms with Crippen molar-refractivity contribution in [2.45, 2.75) is 101 Å². The molecule has 4 unspecified atom stereocenters. The standard InChI is InChI=1S/C30H37N7O7/c1-2-17-9-11-30(12-10-17)43-22-20(14-41-26-19(28(38)39)8-5-13-31-26)42-27(23(22)44-30)37-16-34-21-24(32-15-33-25(21)37)36-29(40)35-18-6-3-4-7-18/h5,8,13,15-18,20,22-23,27H,2-4,6-7,9-12,14H2,1H3,(H,38,39)(H2,32,33,35,36,40). The number of ether oxygens (including phenoxy) is 4. The maximum Gasteiger partial charge on any atom is 0.341 e. The second-order valence-electron chi connectivity index (χ2n) is 12.1. The van der Waals surface area contributed by atoms with Gasteiger partial charge in [0.25, 0.3) is 0 Å². The van der Waals surface area contributed by atoms with Gasteiger partial charge in [-0.1, -0.05) is 26.2 Å². The first kappa shape index (κ1) is 28.9. The van der Waals surface area contributed by atoms with E-state index in [4.69, 9.17) is 18.9 Å². The number of imidazole rings is 1. The van der Waals surface area contributed by atoms with Gasteiger partial charge >= 0.3 is 12.0 Å². The Morgan fingerprint density at radius 2 is 1.89 bits per heavy atom. The maximum absolute atomic E-state index is 12.7. The molecule has 2 aliphatic carbocycles. The molecule has 7 rings (SSSR count). The highest BCUT2D eigenvalue weighted by molar-refractivity contribution is 5.96. The van der Waals surface area contributed by atoms with Crippen molar-refractivity contribution in [1.29, 1.82) is 0 Å². The number of carbonyl (C=O) groups excluding carboxylic acids is 1. The highest BCUT2D eigenvalue weighted by Crippen LogP contribution is 2.50. The monoisotopic (exact) mass is 607 g/mol. The normalized spacial score (nSPS) is 30.1. The largest absolute Gasteiger partial charge is 0.477 e. The van der Waals surface area contributed by atoms with E-state index in [1.54, 1.807) is 17.0 Å². The van der Waals surface area contributed by atoms with Crippen LogP contribution in [0.15, 0.2) is 31.0 Å². The van der Waals surface area contributed by atoms with Crippen LogP contribution in [0.25, 0.3) is 11.2 Å². The number of anilines is 1. The summed E-state index contributed by atoms with van der Waals surface area (Å²) < 4.78 is 27.6. The van der Waals surface area contributed by atoms with E-state index < -0.39 is 36.3 Å². The van der Waals surface area contributed by atoms with Crippen molar-refractivity contribution in [3.8, 4) is 5.88 Å². The van der Waals surface area contributed by atoms with Gasteiger partial charge in [-0.25, -0.2) is 29.5 Å². The van der Waals surface area contributed by atoms with Crippen LogP contribution in [0.4, 0.5) is 10.6 Å². The third kappa shape index (κ3) is 5.46. The summed E-state index contributed by atoms with van der Waals surface area (Å²) in [5, 5.41) is 15.4. The molecule has 14 heteroatoms. The number of carboxylic acid groups (broad SMARTS) is 1. The van der Waals surface area contributed by atoms with Crippen LogP contribution < -0.4 is 15.4 Å². The van der Waals surface area contributed by atoms with Gasteiger partial charge in [0.05, 0.1) is 6.33 Å². The topological polar surface area (TPSA) is 172 Å². The molecule has 234 valence electrons. The fraction of sp³-hybridized carbons (Fsp3) is 0.600. The summed E-state index contributed by atoms with van der Waals surface area (Å²) in [6, 6.07) is 2.82. The number of carbonyl (C=O) groups is 2. The van der Waals surface area contributed by atoms with Crippen LogP contribution >= 0.6 is 0 Å². The van der Waals surface area contributed by atoms with E-state index in [2.05, 4.69) is 37.5 Å². The number of rotatable bonds is 8. The number of carboxylic acids is 1. The number of aromatic nitrogens is 5. The van der Waals surface area contributed by atoms with Gasteiger partial charge in [0, 0.05) is 25.1 Å². The summed E-state index contributed by atoms with van der Waals surface area (Å²) in [5.41, 5.74) is 0.857. The lowest BCUT2D eigenvalue weighted by atomic mass is 9.84. The number of hydrogen-bond donors (Lipinski definition) is 3. The van der Waals surface area contributed by atoms with E-state index in [-0.39, 0.29) is 30.1 Å². The number of hydrogen-bond acceptors (Lipinski definition) is 10. The Morgan fingerprint density at radius 1 is 1.09 bits per heavy atom. The number of amides is 2. The van der Waals surface area contributed by atoms with E-state index in [1.807, 2.05) is 0 Å². The molecule has 0 aromatic carbocycles. The van der Waals surface area contributed by atoms with E-state index in [0.29, 0.717) is 22.9 Å². The van der Waals surface area contributed by atoms with Gasteiger partial charge in [-0.2, -0.15) is 0 Å². The molecule has 44 heavy (non-hydrogen) atoms. The van der Waals surface area contributed by atoms with E-state index >= 15 is 0 Å². The van der Waals surface area contributed by atoms with Crippen LogP contribution in [0.5, 0.6) is 5.88 Å². The third-order valence-corrected chi connectivity index (χ3v) is 9.37. The van der Waals surface area contributed by atoms with Crippen molar-refractivity contribution < 1.29 is 33.6 Å². The van der Waals surface area contributed by atoms with Crippen molar-refractivity contribution in [2.75, 3.05) is 11.9 Å². The molecular weight excluding hydrogens is 570 g/mol. The Morgan fingerprint density at radius 3 is 2.66 bits per heavy atom. The number of pyridine rings is 1. The summed E-state index contributed by atoms with van der Waals surface area (Å²) in [5.74, 6) is -0.908. The molecule has 3 aromatic rings. The van der Waals surface area contributed by atoms with E-state index in [9.17, 15) is 14.7 Å². The summed E-state index contributed by atoms with van der Waals surface area (Å²) in [6.45, 7) is 2.21. The Balaban J connectivity index is 1.14. The third-order valence-electron chi connectivity index (χ3n) is 9.37. The maximum atomic E-state index is 12.7. The van der Waals surface area contributed by atoms with Gasteiger partial charge < -0.3 is 29.4 Å². The highest BCUT2D eigenvalue weighted by Gasteiger charge is 2.59. The van der Waals surface area contributed by atoms with Crippen molar-refractivity contribution in [2.24, 2.45) is 5.92 Å². The lowest BCUT2D eigenvalue weighted by molar-refractivity contribution is -0.236. The molecule has 1 spiro atoms. The average Bonchev–Trinajstić information content (AvgIpc) is 3.82. The predicted octanol–water partition coefficient (Wildman–Crippen LogP) is 4.04. The van der Waals surface area contributed by atoms with Crippen LogP contribution in [-0.4, -0.2) is 78.4 Å². The van der Waals surface area contributed by atoms with Crippen LogP contribution in [0.1, 0.15) is 81.3 Å². The minimum absolute atomic E-state index is 0.00173. The smallest absolute Gasteiger partial charge is 0.341 e. The van der Waals surface area contributed by atoms with Crippen LogP contribution in [0, 0.1) is 5.92 Å². The first-order valence-corrected chi connectivity index (χ1v) is 15.5. The van der Waals surface area contributed by atoms with Crippen LogP contribution in [0.2, 0.25) is 0 Å². The summed E-state index contributed by atoms with van der Waals surface area (Å²) in [4.78, 5) is 41.9. The molecule has 2 saturated heterocycles. The SMILES string of the molecule is CCC1CCC2(CC1)OC1C(COc3ncccc3C(=O)O)OC(n3cnc4c(NC(=O)NC5CCCC5)ncnc43)C1O2. The molecule has 4 atom stereocenters. The minimum Gasteiger partial charge on any atom is -0.477 e. The Kier molecular flexibility index (Phi) is 7.81. The molecule has 3 N–H and O–H groups in total. The van der Waals surface area contributed by atoms with E-state index in [1.165, 1.54) is 18.6 Å². The number of aromatic carboxylic acids is 1. The lowest BCUT2D eigenvalue weighted by Crippen LogP contribution is -2.39. The van der Waals surface area contributed by atoms with Gasteiger partial charge in [-0.05, 0) is 43.7 Å². The van der Waals surface area contributed by atoms with E-state index in [0.717, 1.165) is 57.8 Å². The average molecular weight is 608 g/mol. The zero-order valence-electron chi connectivity index (χ0n) is 24.6. The molecule has 2 amide bonds. The second-order valence-corrected chi connectivity index (χ2v) is 12.1. The van der Waals surface area contributed by atoms with Crippen molar-refractivity contribution in [3.63, 3.8) is 0 Å². The van der Waals surface area contributed by atoms with Crippen LogP contribution in [0.3, 0.4) is 0 Å². The number of nitrogens with zero attached hydrogens (tertiary/aromatic N) is 5. The quantitative estimate of drug-likeness (QED) is 0.337. The molecule has 0 bridgehead atoms. The molecular formula is C30H37N7O7. The number of urea groups is 1. The second kappa shape index (κ2) is 11.9. The lowest BCUT2D eigenvalue weighted by Gasteiger charge is -2.37. The van der Waals surface area contributed by atoms with Gasteiger partial charge in [0.15, 0.2) is 29.0 Å². The Hall–Kier alpha value is -3.88. The van der Waals surface area contributed by atoms with Crippen molar-refractivity contribution in [3.05, 3.63) is 36.5 Å². The van der Waals surface area contributed by atoms with Crippen LogP contribution in [-0.2, 0) is 14.2 Å². The summed E-state index contributed by atoms with van der Waals surface area (Å²) in [7, 11) is 0. The molecule has 4 fully saturated rings. The zero-order chi connectivity index (χ0) is 30.3. The zero-order valence-corrected chi connectivity index (χ0v) is 24.6. The van der Waals surface area contributed by atoms with Gasteiger partial charge in [0.2, 0.25) is 5.88 Å². The molecule has 0 radical (unpaired) electrons. The molecule has 2 aliphatic heterocycles. The molecule has 2 saturated carbocycles. The summed E-state index contributed by atoms with van der Waals surface area (Å²) in [6.07, 6.45) is 11.1. The number of nitrogens with one attached hydrogen (secondary N) is 2. The molecule has 3 aromatic heterocycles. The molecule has 14 nitrogen and oxygen atoms in total. The Labute approximate surface area is 253 Å². The number of fused-ring (bicyclic) bond motifs is 2. The van der Waals surface area contributed by atoms with Gasteiger partial charge in [-0.15, -0.1) is 0 Å². The van der Waals surface area contributed by atoms with Gasteiger partial charge in [0.1, 0.15) is 36.8 Å². The summed E-state index contributed by atoms with van der Waals surface area (Å²) >= 11 is 0. The molecule has 5 heterocycles. The van der Waals surface area contributed by atoms with Crippen molar-refractivity contribution in [1.82, 2.24) is 29.8 Å². The molecule has 4 aliphatic rings.